The lowest BCUT2D eigenvalue weighted by Gasteiger charge is -2.28. The molecule has 0 unspecified atom stereocenters. The summed E-state index contributed by atoms with van der Waals surface area (Å²) in [6.45, 7) is 0. The quantitative estimate of drug-likeness (QED) is 0.324. The van der Waals surface area contributed by atoms with E-state index in [0.717, 1.165) is 0 Å². The fourth-order valence-electron chi connectivity index (χ4n) is 2.93. The van der Waals surface area contributed by atoms with Crippen molar-refractivity contribution in [1.29, 1.82) is 0 Å². The molecule has 3 aromatic carbocycles. The Hall–Kier alpha value is -3.49. The number of hydrogen-bond donors (Lipinski definition) is 2. The largest absolute Gasteiger partial charge is 0.369 e. The molecule has 3 aromatic rings. The third-order valence-corrected chi connectivity index (χ3v) is 4.76. The molecule has 1 amide bonds. The highest BCUT2D eigenvalue weighted by Gasteiger charge is 2.21. The number of benzene rings is 3. The predicted octanol–water partition coefficient (Wildman–Crippen LogP) is 4.81. The summed E-state index contributed by atoms with van der Waals surface area (Å²) in [7, 11) is 0. The van der Waals surface area contributed by atoms with Crippen LogP contribution in [0.1, 0.15) is 5.56 Å². The van der Waals surface area contributed by atoms with Gasteiger partial charge in [0.25, 0.3) is 5.69 Å². The van der Waals surface area contributed by atoms with Crippen LogP contribution in [0.4, 0.5) is 22.7 Å². The number of nitrogens with one attached hydrogen (secondary N) is 1. The summed E-state index contributed by atoms with van der Waals surface area (Å²) in [5.74, 6) is -0.490. The molecule has 9 heteroatoms. The second kappa shape index (κ2) is 9.34. The highest BCUT2D eigenvalue weighted by atomic mass is 35.5. The third kappa shape index (κ3) is 4.91. The molecular formula is C21H17ClN4O3S. The minimum atomic E-state index is -0.490. The molecular weight excluding hydrogens is 424 g/mol. The van der Waals surface area contributed by atoms with Crippen LogP contribution in [0, 0.1) is 10.1 Å². The van der Waals surface area contributed by atoms with Gasteiger partial charge in [-0.3, -0.25) is 19.8 Å². The summed E-state index contributed by atoms with van der Waals surface area (Å²) in [4.78, 5) is 24.1. The van der Waals surface area contributed by atoms with Crippen LogP contribution in [0.15, 0.2) is 72.8 Å². The van der Waals surface area contributed by atoms with Gasteiger partial charge in [0, 0.05) is 16.8 Å². The number of rotatable bonds is 6. The molecule has 0 spiro atoms. The van der Waals surface area contributed by atoms with Crippen LogP contribution in [0.2, 0.25) is 5.02 Å². The van der Waals surface area contributed by atoms with E-state index < -0.39 is 10.8 Å². The van der Waals surface area contributed by atoms with Crippen molar-refractivity contribution < 1.29 is 9.72 Å². The zero-order chi connectivity index (χ0) is 21.7. The minimum Gasteiger partial charge on any atom is -0.369 e. The number of nitrogens with zero attached hydrogens (tertiary/aromatic N) is 2. The van der Waals surface area contributed by atoms with Gasteiger partial charge in [-0.05, 0) is 54.2 Å². The Balaban J connectivity index is 2.07. The monoisotopic (exact) mass is 440 g/mol. The first-order valence-corrected chi connectivity index (χ1v) is 9.61. The van der Waals surface area contributed by atoms with Gasteiger partial charge in [0.15, 0.2) is 5.11 Å². The Kier molecular flexibility index (Phi) is 6.61. The molecule has 0 atom stereocenters. The summed E-state index contributed by atoms with van der Waals surface area (Å²) in [6, 6.07) is 20.3. The zero-order valence-corrected chi connectivity index (χ0v) is 17.2. The number of carbonyl (C=O) groups is 1. The topological polar surface area (TPSA) is 102 Å². The van der Waals surface area contributed by atoms with E-state index in [2.05, 4.69) is 5.32 Å². The Labute approximate surface area is 183 Å². The molecule has 0 radical (unpaired) electrons. The number of halogens is 1. The fraction of sp³-hybridized carbons (Fsp3) is 0.0476. The van der Waals surface area contributed by atoms with Crippen molar-refractivity contribution in [2.45, 2.75) is 6.42 Å². The SMILES string of the molecule is NC(=O)Cc1ccccc1N(C(=S)Nc1ccccc1[N+](=O)[O-])c1ccc(Cl)cc1. The number of anilines is 3. The lowest BCUT2D eigenvalue weighted by molar-refractivity contribution is -0.383. The maximum atomic E-state index is 11.6. The number of nitro benzene ring substituents is 1. The molecule has 30 heavy (non-hydrogen) atoms. The Bertz CT molecular complexity index is 1110. The minimum absolute atomic E-state index is 0.00829. The van der Waals surface area contributed by atoms with Gasteiger partial charge in [0.05, 0.1) is 17.0 Å². The number of thiocarbonyl (C=S) groups is 1. The van der Waals surface area contributed by atoms with Gasteiger partial charge in [0.2, 0.25) is 5.91 Å². The number of carbonyl (C=O) groups excluding carboxylic acids is 1. The van der Waals surface area contributed by atoms with Crippen molar-refractivity contribution in [3.8, 4) is 0 Å². The average molecular weight is 441 g/mol. The van der Waals surface area contributed by atoms with E-state index in [1.54, 1.807) is 71.6 Å². The van der Waals surface area contributed by atoms with E-state index in [1.807, 2.05) is 0 Å². The number of nitrogens with two attached hydrogens (primary N) is 1. The lowest BCUT2D eigenvalue weighted by atomic mass is 10.1. The lowest BCUT2D eigenvalue weighted by Crippen LogP contribution is -2.32. The maximum Gasteiger partial charge on any atom is 0.292 e. The first-order chi connectivity index (χ1) is 14.4. The summed E-state index contributed by atoms with van der Waals surface area (Å²) in [5, 5.41) is 15.0. The number of para-hydroxylation sites is 3. The van der Waals surface area contributed by atoms with Crippen molar-refractivity contribution in [2.24, 2.45) is 5.73 Å². The summed E-state index contributed by atoms with van der Waals surface area (Å²) in [5.41, 5.74) is 7.48. The average Bonchev–Trinajstić information content (AvgIpc) is 2.71. The van der Waals surface area contributed by atoms with Crippen LogP contribution in [0.25, 0.3) is 0 Å². The molecule has 0 aliphatic carbocycles. The summed E-state index contributed by atoms with van der Waals surface area (Å²) >= 11 is 11.6. The van der Waals surface area contributed by atoms with Gasteiger partial charge < -0.3 is 11.1 Å². The highest BCUT2D eigenvalue weighted by molar-refractivity contribution is 7.80. The van der Waals surface area contributed by atoms with Gasteiger partial charge in [-0.1, -0.05) is 41.9 Å². The van der Waals surface area contributed by atoms with Gasteiger partial charge in [-0.15, -0.1) is 0 Å². The van der Waals surface area contributed by atoms with Gasteiger partial charge in [-0.25, -0.2) is 0 Å². The standard InChI is InChI=1S/C21H17ClN4O3S/c22-15-9-11-16(12-10-15)25(18-7-3-1-5-14(18)13-20(23)27)21(30)24-17-6-2-4-8-19(17)26(28)29/h1-12H,13H2,(H2,23,27)(H,24,30). The van der Waals surface area contributed by atoms with Gasteiger partial charge in [0.1, 0.15) is 5.69 Å². The van der Waals surface area contributed by atoms with Crippen molar-refractivity contribution in [1.82, 2.24) is 0 Å². The van der Waals surface area contributed by atoms with Crippen molar-refractivity contribution >= 4 is 57.6 Å². The van der Waals surface area contributed by atoms with E-state index in [-0.39, 0.29) is 22.9 Å². The first-order valence-electron chi connectivity index (χ1n) is 8.83. The molecule has 3 N–H and O–H groups in total. The molecule has 0 heterocycles. The Morgan fingerprint density at radius 2 is 1.70 bits per heavy atom. The second-order valence-corrected chi connectivity index (χ2v) is 7.11. The van der Waals surface area contributed by atoms with Crippen LogP contribution >= 0.6 is 23.8 Å². The molecule has 0 saturated carbocycles. The Morgan fingerprint density at radius 3 is 2.37 bits per heavy atom. The van der Waals surface area contributed by atoms with Crippen LogP contribution in [0.3, 0.4) is 0 Å². The van der Waals surface area contributed by atoms with Crippen LogP contribution in [0.5, 0.6) is 0 Å². The number of amides is 1. The van der Waals surface area contributed by atoms with E-state index in [9.17, 15) is 14.9 Å². The highest BCUT2D eigenvalue weighted by Crippen LogP contribution is 2.32. The number of nitro groups is 1. The van der Waals surface area contributed by atoms with Crippen LogP contribution < -0.4 is 16.0 Å². The molecule has 0 aromatic heterocycles. The number of primary amides is 1. The third-order valence-electron chi connectivity index (χ3n) is 4.23. The van der Waals surface area contributed by atoms with Gasteiger partial charge >= 0.3 is 0 Å². The molecule has 0 bridgehead atoms. The van der Waals surface area contributed by atoms with E-state index in [0.29, 0.717) is 22.0 Å². The molecule has 0 aliphatic heterocycles. The van der Waals surface area contributed by atoms with E-state index in [1.165, 1.54) is 6.07 Å². The Morgan fingerprint density at radius 1 is 1.07 bits per heavy atom. The molecule has 0 fully saturated rings. The van der Waals surface area contributed by atoms with Crippen LogP contribution in [-0.4, -0.2) is 15.9 Å². The second-order valence-electron chi connectivity index (χ2n) is 6.29. The fourth-order valence-corrected chi connectivity index (χ4v) is 3.37. The molecule has 7 nitrogen and oxygen atoms in total. The normalized spacial score (nSPS) is 10.3. The zero-order valence-electron chi connectivity index (χ0n) is 15.6. The van der Waals surface area contributed by atoms with Crippen molar-refractivity contribution in [3.63, 3.8) is 0 Å². The van der Waals surface area contributed by atoms with E-state index >= 15 is 0 Å². The first kappa shape index (κ1) is 21.2. The van der Waals surface area contributed by atoms with Gasteiger partial charge in [-0.2, -0.15) is 0 Å². The molecule has 0 saturated heterocycles. The summed E-state index contributed by atoms with van der Waals surface area (Å²) in [6.07, 6.45) is 0.00829. The molecule has 0 aliphatic rings. The van der Waals surface area contributed by atoms with Crippen LogP contribution in [-0.2, 0) is 11.2 Å². The van der Waals surface area contributed by atoms with Crippen molar-refractivity contribution in [3.05, 3.63) is 93.5 Å². The van der Waals surface area contributed by atoms with E-state index in [4.69, 9.17) is 29.6 Å². The maximum absolute atomic E-state index is 11.6. The molecule has 3 rings (SSSR count). The van der Waals surface area contributed by atoms with Crippen molar-refractivity contribution in [2.75, 3.05) is 10.2 Å². The molecule has 152 valence electrons. The number of hydrogen-bond acceptors (Lipinski definition) is 4. The smallest absolute Gasteiger partial charge is 0.292 e. The summed E-state index contributed by atoms with van der Waals surface area (Å²) < 4.78 is 0. The predicted molar refractivity (Wildman–Crippen MR) is 122 cm³/mol.